The quantitative estimate of drug-likeness (QED) is 0.812. The molecule has 2 aliphatic heterocycles. The smallest absolute Gasteiger partial charge is 0.317 e. The molecule has 1 radical (unpaired) electrons. The molecule has 3 aliphatic rings. The summed E-state index contributed by atoms with van der Waals surface area (Å²) in [5, 5.41) is 6.58. The molecule has 2 heterocycles. The molecule has 5 nitrogen and oxygen atoms in total. The molecule has 0 atom stereocenters. The summed E-state index contributed by atoms with van der Waals surface area (Å²) >= 11 is 0. The third kappa shape index (κ3) is 4.10. The van der Waals surface area contributed by atoms with Gasteiger partial charge in [-0.3, -0.25) is 4.90 Å². The molecule has 21 heavy (non-hydrogen) atoms. The maximum absolute atomic E-state index is 12.3. The third-order valence-electron chi connectivity index (χ3n) is 5.17. The first-order chi connectivity index (χ1) is 10.3. The summed E-state index contributed by atoms with van der Waals surface area (Å²) in [6.07, 6.45) is 8.46. The van der Waals surface area contributed by atoms with E-state index in [1.807, 2.05) is 4.90 Å². The lowest BCUT2D eigenvalue weighted by atomic mass is 9.96. The van der Waals surface area contributed by atoms with Crippen LogP contribution in [-0.4, -0.2) is 61.1 Å². The minimum absolute atomic E-state index is 0.136. The highest BCUT2D eigenvalue weighted by Crippen LogP contribution is 2.23. The first kappa shape index (κ1) is 15.1. The molecule has 0 aromatic carbocycles. The fourth-order valence-corrected chi connectivity index (χ4v) is 3.80. The average molecular weight is 293 g/mol. The summed E-state index contributed by atoms with van der Waals surface area (Å²) in [7, 11) is 0. The minimum atomic E-state index is 0.136. The highest BCUT2D eigenvalue weighted by atomic mass is 16.2. The SMILES string of the molecule is O=C(N[C]1CCCCC1)N1CCN(C2CCNCC2)CC1. The van der Waals surface area contributed by atoms with Gasteiger partial charge >= 0.3 is 6.03 Å². The Kier molecular flexibility index (Phi) is 5.36. The molecule has 119 valence electrons. The van der Waals surface area contributed by atoms with Crippen LogP contribution in [0.4, 0.5) is 4.79 Å². The number of carbonyl (C=O) groups excluding carboxylic acids is 1. The minimum Gasteiger partial charge on any atom is -0.330 e. The molecule has 3 rings (SSSR count). The molecule has 5 heteroatoms. The van der Waals surface area contributed by atoms with Gasteiger partial charge in [-0.1, -0.05) is 19.3 Å². The number of piperazine rings is 1. The van der Waals surface area contributed by atoms with Gasteiger partial charge in [0.1, 0.15) is 0 Å². The molecule has 2 saturated heterocycles. The predicted molar refractivity (Wildman–Crippen MR) is 83.9 cm³/mol. The molecule has 0 aromatic heterocycles. The fraction of sp³-hybridized carbons (Fsp3) is 0.875. The van der Waals surface area contributed by atoms with E-state index in [0.29, 0.717) is 0 Å². The van der Waals surface area contributed by atoms with E-state index >= 15 is 0 Å². The number of carbonyl (C=O) groups is 1. The zero-order chi connectivity index (χ0) is 14.5. The standard InChI is InChI=1S/C16H29N4O/c21-16(18-14-4-2-1-3-5-14)20-12-10-19(11-13-20)15-6-8-17-9-7-15/h15,17H,1-13H2,(H,18,21). The van der Waals surface area contributed by atoms with Crippen LogP contribution in [0.15, 0.2) is 0 Å². The topological polar surface area (TPSA) is 47.6 Å². The van der Waals surface area contributed by atoms with Crippen molar-refractivity contribution in [2.75, 3.05) is 39.3 Å². The summed E-state index contributed by atoms with van der Waals surface area (Å²) in [5.74, 6) is 0. The van der Waals surface area contributed by atoms with Gasteiger partial charge in [-0.2, -0.15) is 0 Å². The maximum Gasteiger partial charge on any atom is 0.317 e. The van der Waals surface area contributed by atoms with Gasteiger partial charge in [0.2, 0.25) is 0 Å². The van der Waals surface area contributed by atoms with E-state index in [2.05, 4.69) is 15.5 Å². The second-order valence-electron chi connectivity index (χ2n) is 6.60. The number of piperidine rings is 1. The molecule has 2 amide bonds. The molecule has 0 spiro atoms. The van der Waals surface area contributed by atoms with Gasteiger partial charge in [0.15, 0.2) is 0 Å². The van der Waals surface area contributed by atoms with Crippen molar-refractivity contribution in [2.24, 2.45) is 0 Å². The lowest BCUT2D eigenvalue weighted by Crippen LogP contribution is -2.56. The molecular formula is C16H29N4O. The summed E-state index contributed by atoms with van der Waals surface area (Å²) in [5.41, 5.74) is 0. The molecule has 1 aliphatic carbocycles. The van der Waals surface area contributed by atoms with Crippen molar-refractivity contribution >= 4 is 6.03 Å². The average Bonchev–Trinajstić information content (AvgIpc) is 2.57. The van der Waals surface area contributed by atoms with Gasteiger partial charge in [-0.05, 0) is 38.8 Å². The summed E-state index contributed by atoms with van der Waals surface area (Å²) < 4.78 is 0. The second-order valence-corrected chi connectivity index (χ2v) is 6.60. The molecule has 1 saturated carbocycles. The lowest BCUT2D eigenvalue weighted by molar-refractivity contribution is 0.0935. The number of nitrogens with one attached hydrogen (secondary N) is 2. The van der Waals surface area contributed by atoms with Gasteiger partial charge < -0.3 is 15.5 Å². The van der Waals surface area contributed by atoms with E-state index in [4.69, 9.17) is 0 Å². The van der Waals surface area contributed by atoms with E-state index in [1.165, 1.54) is 38.1 Å². The van der Waals surface area contributed by atoms with Gasteiger partial charge in [-0.15, -0.1) is 0 Å². The van der Waals surface area contributed by atoms with Crippen molar-refractivity contribution in [1.29, 1.82) is 0 Å². The fourth-order valence-electron chi connectivity index (χ4n) is 3.80. The summed E-state index contributed by atoms with van der Waals surface area (Å²) in [6, 6.07) is 2.12. The Balaban J connectivity index is 1.40. The predicted octanol–water partition coefficient (Wildman–Crippen LogP) is 1.56. The normalized spacial score (nSPS) is 26.8. The van der Waals surface area contributed by atoms with Crippen molar-refractivity contribution in [1.82, 2.24) is 20.4 Å². The zero-order valence-corrected chi connectivity index (χ0v) is 13.1. The van der Waals surface area contributed by atoms with E-state index in [9.17, 15) is 4.79 Å². The number of hydrogen-bond acceptors (Lipinski definition) is 3. The van der Waals surface area contributed by atoms with Gasteiger partial charge in [0.05, 0.1) is 6.04 Å². The second kappa shape index (κ2) is 7.45. The lowest BCUT2D eigenvalue weighted by Gasteiger charge is -2.41. The van der Waals surface area contributed by atoms with Crippen LogP contribution in [0.5, 0.6) is 0 Å². The molecular weight excluding hydrogens is 264 g/mol. The van der Waals surface area contributed by atoms with Crippen LogP contribution in [0.25, 0.3) is 0 Å². The number of urea groups is 1. The zero-order valence-electron chi connectivity index (χ0n) is 13.1. The Morgan fingerprint density at radius 2 is 1.67 bits per heavy atom. The molecule has 2 N–H and O–H groups in total. The van der Waals surface area contributed by atoms with Crippen molar-refractivity contribution in [3.8, 4) is 0 Å². The van der Waals surface area contributed by atoms with Crippen LogP contribution in [-0.2, 0) is 0 Å². The van der Waals surface area contributed by atoms with Crippen molar-refractivity contribution in [3.05, 3.63) is 6.04 Å². The number of hydrogen-bond donors (Lipinski definition) is 2. The Morgan fingerprint density at radius 1 is 1.00 bits per heavy atom. The molecule has 0 aromatic rings. The summed E-state index contributed by atoms with van der Waals surface area (Å²) in [4.78, 5) is 16.9. The van der Waals surface area contributed by atoms with E-state index < -0.39 is 0 Å². The maximum atomic E-state index is 12.3. The van der Waals surface area contributed by atoms with Crippen molar-refractivity contribution < 1.29 is 4.79 Å². The van der Waals surface area contributed by atoms with Gasteiger partial charge in [0.25, 0.3) is 0 Å². The monoisotopic (exact) mass is 293 g/mol. The third-order valence-corrected chi connectivity index (χ3v) is 5.17. The van der Waals surface area contributed by atoms with Crippen LogP contribution in [0.3, 0.4) is 0 Å². The Bertz CT molecular complexity index is 329. The Labute approximate surface area is 128 Å². The van der Waals surface area contributed by atoms with Crippen molar-refractivity contribution in [2.45, 2.75) is 51.0 Å². The molecule has 0 bridgehead atoms. The van der Waals surface area contributed by atoms with E-state index in [0.717, 1.165) is 58.2 Å². The number of amides is 2. The highest BCUT2D eigenvalue weighted by molar-refractivity contribution is 5.75. The van der Waals surface area contributed by atoms with Crippen molar-refractivity contribution in [3.63, 3.8) is 0 Å². The van der Waals surface area contributed by atoms with Crippen LogP contribution >= 0.6 is 0 Å². The Morgan fingerprint density at radius 3 is 2.33 bits per heavy atom. The molecule has 0 unspecified atom stereocenters. The number of rotatable bonds is 2. The first-order valence-corrected chi connectivity index (χ1v) is 8.68. The van der Waals surface area contributed by atoms with Crippen LogP contribution in [0.2, 0.25) is 0 Å². The van der Waals surface area contributed by atoms with Crippen LogP contribution < -0.4 is 10.6 Å². The van der Waals surface area contributed by atoms with Gasteiger partial charge in [-0.25, -0.2) is 4.79 Å². The van der Waals surface area contributed by atoms with Crippen LogP contribution in [0, 0.1) is 6.04 Å². The first-order valence-electron chi connectivity index (χ1n) is 8.68. The summed E-state index contributed by atoms with van der Waals surface area (Å²) in [6.45, 7) is 6.11. The van der Waals surface area contributed by atoms with E-state index in [1.54, 1.807) is 0 Å². The van der Waals surface area contributed by atoms with E-state index in [-0.39, 0.29) is 6.03 Å². The highest BCUT2D eigenvalue weighted by Gasteiger charge is 2.28. The Hall–Kier alpha value is -0.810. The number of nitrogens with zero attached hydrogens (tertiary/aromatic N) is 2. The molecule has 3 fully saturated rings. The largest absolute Gasteiger partial charge is 0.330 e. The van der Waals surface area contributed by atoms with Gasteiger partial charge in [0, 0.05) is 32.2 Å². The van der Waals surface area contributed by atoms with Crippen LogP contribution in [0.1, 0.15) is 44.9 Å².